The van der Waals surface area contributed by atoms with Crippen LogP contribution < -0.4 is 5.73 Å². The smallest absolute Gasteiger partial charge is 0.292 e. The lowest BCUT2D eigenvalue weighted by molar-refractivity contribution is 0.0735. The van der Waals surface area contributed by atoms with Crippen LogP contribution in [0.1, 0.15) is 29.6 Å². The monoisotopic (exact) mass is 259 g/mol. The van der Waals surface area contributed by atoms with Crippen molar-refractivity contribution >= 4 is 18.3 Å². The lowest BCUT2D eigenvalue weighted by Crippen LogP contribution is -2.34. The molecule has 1 unspecified atom stereocenters. The molecule has 1 aromatic rings. The van der Waals surface area contributed by atoms with Crippen molar-refractivity contribution in [2.24, 2.45) is 11.1 Å². The normalized spacial score (nSPS) is 23.6. The lowest BCUT2D eigenvalue weighted by atomic mass is 9.90. The van der Waals surface area contributed by atoms with Crippen LogP contribution in [0.15, 0.2) is 10.6 Å². The molecule has 0 saturated carbocycles. The minimum absolute atomic E-state index is 0. The number of carbonyl (C=O) groups excluding carboxylic acids is 1. The van der Waals surface area contributed by atoms with Crippen molar-refractivity contribution in [3.63, 3.8) is 0 Å². The highest BCUT2D eigenvalue weighted by Gasteiger charge is 2.36. The standard InChI is InChI=1S/C11H17N3O2.ClH/c1-8-5-9(16-13-8)10(15)14-4-3-11(2,6-12)7-14;/h5H,3-4,6-7,12H2,1-2H3;1H. The molecule has 1 saturated heterocycles. The molecule has 5 nitrogen and oxygen atoms in total. The van der Waals surface area contributed by atoms with Crippen molar-refractivity contribution in [2.45, 2.75) is 20.3 Å². The average Bonchev–Trinajstić information content (AvgIpc) is 2.85. The van der Waals surface area contributed by atoms with E-state index in [-0.39, 0.29) is 23.7 Å². The summed E-state index contributed by atoms with van der Waals surface area (Å²) in [5.41, 5.74) is 6.47. The highest BCUT2D eigenvalue weighted by Crippen LogP contribution is 2.29. The van der Waals surface area contributed by atoms with Crippen LogP contribution >= 0.6 is 12.4 Å². The number of amides is 1. The van der Waals surface area contributed by atoms with Gasteiger partial charge in [0.1, 0.15) is 0 Å². The Balaban J connectivity index is 0.00000144. The van der Waals surface area contributed by atoms with Crippen molar-refractivity contribution in [3.05, 3.63) is 17.5 Å². The van der Waals surface area contributed by atoms with E-state index in [1.54, 1.807) is 17.9 Å². The van der Waals surface area contributed by atoms with Crippen LogP contribution in [0.5, 0.6) is 0 Å². The topological polar surface area (TPSA) is 72.4 Å². The molecule has 0 spiro atoms. The van der Waals surface area contributed by atoms with Gasteiger partial charge in [-0.15, -0.1) is 12.4 Å². The maximum Gasteiger partial charge on any atom is 0.292 e. The van der Waals surface area contributed by atoms with Crippen LogP contribution in [0, 0.1) is 12.3 Å². The molecule has 0 aliphatic carbocycles. The van der Waals surface area contributed by atoms with Crippen LogP contribution in [0.2, 0.25) is 0 Å². The molecule has 2 rings (SSSR count). The van der Waals surface area contributed by atoms with Crippen LogP contribution in [0.3, 0.4) is 0 Å². The summed E-state index contributed by atoms with van der Waals surface area (Å²) in [6, 6.07) is 1.67. The maximum atomic E-state index is 12.0. The zero-order valence-electron chi connectivity index (χ0n) is 10.1. The number of aryl methyl sites for hydroxylation is 1. The van der Waals surface area contributed by atoms with Crippen LogP contribution in [-0.4, -0.2) is 35.6 Å². The van der Waals surface area contributed by atoms with Gasteiger partial charge in [0.25, 0.3) is 5.91 Å². The van der Waals surface area contributed by atoms with Crippen molar-refractivity contribution < 1.29 is 9.32 Å². The van der Waals surface area contributed by atoms with Gasteiger partial charge in [-0.1, -0.05) is 12.1 Å². The van der Waals surface area contributed by atoms with Gasteiger partial charge in [-0.3, -0.25) is 4.79 Å². The Hall–Kier alpha value is -1.07. The lowest BCUT2D eigenvalue weighted by Gasteiger charge is -2.21. The number of aromatic nitrogens is 1. The van der Waals surface area contributed by atoms with Gasteiger partial charge >= 0.3 is 0 Å². The van der Waals surface area contributed by atoms with E-state index in [0.717, 1.165) is 18.7 Å². The Morgan fingerprint density at radius 1 is 1.71 bits per heavy atom. The number of nitrogens with zero attached hydrogens (tertiary/aromatic N) is 2. The Morgan fingerprint density at radius 3 is 2.88 bits per heavy atom. The molecule has 1 amide bonds. The van der Waals surface area contributed by atoms with E-state index in [9.17, 15) is 4.79 Å². The van der Waals surface area contributed by atoms with Crippen LogP contribution in [0.25, 0.3) is 0 Å². The van der Waals surface area contributed by atoms with Gasteiger partial charge in [0.05, 0.1) is 5.69 Å². The largest absolute Gasteiger partial charge is 0.351 e. The van der Waals surface area contributed by atoms with Crippen molar-refractivity contribution in [2.75, 3.05) is 19.6 Å². The molecule has 1 fully saturated rings. The fraction of sp³-hybridized carbons (Fsp3) is 0.636. The molecule has 1 aliphatic rings. The van der Waals surface area contributed by atoms with Gasteiger partial charge < -0.3 is 15.2 Å². The van der Waals surface area contributed by atoms with E-state index >= 15 is 0 Å². The molecule has 1 aromatic heterocycles. The second kappa shape index (κ2) is 5.06. The fourth-order valence-corrected chi connectivity index (χ4v) is 1.98. The average molecular weight is 260 g/mol. The third-order valence-corrected chi connectivity index (χ3v) is 3.18. The van der Waals surface area contributed by atoms with E-state index in [0.29, 0.717) is 18.8 Å². The van der Waals surface area contributed by atoms with Crippen molar-refractivity contribution in [3.8, 4) is 0 Å². The van der Waals surface area contributed by atoms with Crippen molar-refractivity contribution in [1.29, 1.82) is 0 Å². The van der Waals surface area contributed by atoms with Gasteiger partial charge in [0, 0.05) is 19.2 Å². The summed E-state index contributed by atoms with van der Waals surface area (Å²) >= 11 is 0. The third kappa shape index (κ3) is 2.79. The fourth-order valence-electron chi connectivity index (χ4n) is 1.98. The number of likely N-dealkylation sites (tertiary alicyclic amines) is 1. The molecule has 0 radical (unpaired) electrons. The Bertz CT molecular complexity index is 407. The van der Waals surface area contributed by atoms with E-state index in [4.69, 9.17) is 10.3 Å². The summed E-state index contributed by atoms with van der Waals surface area (Å²) in [4.78, 5) is 13.8. The first kappa shape index (κ1) is 14.0. The van der Waals surface area contributed by atoms with Crippen LogP contribution in [0.4, 0.5) is 0 Å². The predicted molar refractivity (Wildman–Crippen MR) is 66.2 cm³/mol. The Kier molecular flexibility index (Phi) is 4.16. The summed E-state index contributed by atoms with van der Waals surface area (Å²) < 4.78 is 4.97. The summed E-state index contributed by atoms with van der Waals surface area (Å²) in [7, 11) is 0. The summed E-state index contributed by atoms with van der Waals surface area (Å²) in [5.74, 6) is 0.233. The first-order chi connectivity index (χ1) is 7.54. The van der Waals surface area contributed by atoms with E-state index < -0.39 is 0 Å². The van der Waals surface area contributed by atoms with Gasteiger partial charge in [0.2, 0.25) is 5.76 Å². The molecular weight excluding hydrogens is 242 g/mol. The molecule has 0 aromatic carbocycles. The van der Waals surface area contributed by atoms with E-state index in [2.05, 4.69) is 12.1 Å². The minimum atomic E-state index is -0.0854. The number of hydrogen-bond donors (Lipinski definition) is 1. The molecule has 2 N–H and O–H groups in total. The number of rotatable bonds is 2. The summed E-state index contributed by atoms with van der Waals surface area (Å²) in [6.07, 6.45) is 0.947. The SMILES string of the molecule is Cc1cc(C(=O)N2CCC(C)(CN)C2)on1.Cl. The maximum absolute atomic E-state index is 12.0. The highest BCUT2D eigenvalue weighted by atomic mass is 35.5. The minimum Gasteiger partial charge on any atom is -0.351 e. The van der Waals surface area contributed by atoms with E-state index in [1.807, 2.05) is 0 Å². The first-order valence-corrected chi connectivity index (χ1v) is 5.47. The quantitative estimate of drug-likeness (QED) is 0.867. The second-order valence-corrected chi connectivity index (χ2v) is 4.82. The molecule has 1 atom stereocenters. The third-order valence-electron chi connectivity index (χ3n) is 3.18. The molecule has 6 heteroatoms. The molecule has 2 heterocycles. The van der Waals surface area contributed by atoms with Gasteiger partial charge in [-0.2, -0.15) is 0 Å². The molecule has 96 valence electrons. The zero-order chi connectivity index (χ0) is 11.8. The number of halogens is 1. The molecule has 1 aliphatic heterocycles. The van der Waals surface area contributed by atoms with Crippen molar-refractivity contribution in [1.82, 2.24) is 10.1 Å². The Labute approximate surface area is 107 Å². The Morgan fingerprint density at radius 2 is 2.41 bits per heavy atom. The van der Waals surface area contributed by atoms with Gasteiger partial charge in [0.15, 0.2) is 0 Å². The second-order valence-electron chi connectivity index (χ2n) is 4.82. The van der Waals surface area contributed by atoms with Gasteiger partial charge in [-0.05, 0) is 25.3 Å². The summed E-state index contributed by atoms with van der Waals surface area (Å²) in [5, 5.41) is 3.72. The zero-order valence-corrected chi connectivity index (χ0v) is 10.9. The van der Waals surface area contributed by atoms with Gasteiger partial charge in [-0.25, -0.2) is 0 Å². The number of carbonyl (C=O) groups is 1. The first-order valence-electron chi connectivity index (χ1n) is 5.47. The molecular formula is C11H18ClN3O2. The predicted octanol–water partition coefficient (Wildman–Crippen LogP) is 1.22. The number of nitrogens with two attached hydrogens (primary N) is 1. The van der Waals surface area contributed by atoms with Crippen LogP contribution in [-0.2, 0) is 0 Å². The molecule has 17 heavy (non-hydrogen) atoms. The van der Waals surface area contributed by atoms with E-state index in [1.165, 1.54) is 0 Å². The molecule has 0 bridgehead atoms. The summed E-state index contributed by atoms with van der Waals surface area (Å²) in [6.45, 7) is 5.95. The number of hydrogen-bond acceptors (Lipinski definition) is 4. The highest BCUT2D eigenvalue weighted by molar-refractivity contribution is 5.91.